The van der Waals surface area contributed by atoms with Gasteiger partial charge in [-0.3, -0.25) is 19.2 Å². The smallest absolute Gasteiger partial charge is 0.323 e. The molecule has 0 aromatic heterocycles. The zero-order valence-electron chi connectivity index (χ0n) is 11.8. The van der Waals surface area contributed by atoms with Crippen molar-refractivity contribution in [3.05, 3.63) is 22.4 Å². The molecule has 106 valence electrons. The van der Waals surface area contributed by atoms with Crippen molar-refractivity contribution < 1.29 is 23.9 Å². The summed E-state index contributed by atoms with van der Waals surface area (Å²) in [7, 11) is 1.38. The number of Topliss-reactive ketones (excluding diaryl/α,β-unsaturated/α-hetero) is 2. The lowest BCUT2D eigenvalue weighted by Gasteiger charge is -2.18. The zero-order chi connectivity index (χ0) is 15.2. The van der Waals surface area contributed by atoms with Crippen molar-refractivity contribution in [3.8, 4) is 0 Å². The van der Waals surface area contributed by atoms with Crippen molar-refractivity contribution in [1.29, 1.82) is 0 Å². The van der Waals surface area contributed by atoms with Crippen LogP contribution in [0.1, 0.15) is 20.8 Å². The molecule has 0 aromatic carbocycles. The molecule has 0 fully saturated rings. The lowest BCUT2D eigenvalue weighted by atomic mass is 9.84. The molecule has 0 aromatic rings. The van der Waals surface area contributed by atoms with Crippen molar-refractivity contribution in [2.45, 2.75) is 20.8 Å². The van der Waals surface area contributed by atoms with Gasteiger partial charge in [-0.05, 0) is 20.8 Å². The Morgan fingerprint density at radius 3 is 2.25 bits per heavy atom. The lowest BCUT2D eigenvalue weighted by Crippen LogP contribution is -2.32. The number of allylic oxidation sites excluding steroid dienone is 2. The highest BCUT2D eigenvalue weighted by Gasteiger charge is 2.50. The Morgan fingerprint density at radius 1 is 1.15 bits per heavy atom. The first-order valence-corrected chi connectivity index (χ1v) is 6.28. The maximum atomic E-state index is 12.3. The van der Waals surface area contributed by atoms with Crippen molar-refractivity contribution in [3.63, 3.8) is 0 Å². The summed E-state index contributed by atoms with van der Waals surface area (Å²) in [6.07, 6.45) is 0. The van der Waals surface area contributed by atoms with Gasteiger partial charge in [0, 0.05) is 18.2 Å². The number of hydrogen-bond donors (Lipinski definition) is 0. The first-order chi connectivity index (χ1) is 9.32. The van der Waals surface area contributed by atoms with Gasteiger partial charge < -0.3 is 9.64 Å². The Morgan fingerprint density at radius 2 is 1.70 bits per heavy atom. The molecular formula is C14H15NO5. The molecule has 1 amide bonds. The summed E-state index contributed by atoms with van der Waals surface area (Å²) in [5.74, 6) is -3.54. The average molecular weight is 277 g/mol. The molecule has 0 saturated heterocycles. The molecule has 6 nitrogen and oxygen atoms in total. The molecule has 6 heteroatoms. The fourth-order valence-electron chi connectivity index (χ4n) is 2.42. The van der Waals surface area contributed by atoms with Gasteiger partial charge in [0.15, 0.2) is 11.7 Å². The first-order valence-electron chi connectivity index (χ1n) is 6.28. The van der Waals surface area contributed by atoms with Crippen LogP contribution >= 0.6 is 0 Å². The van der Waals surface area contributed by atoms with Crippen molar-refractivity contribution in [2.24, 2.45) is 5.92 Å². The Bertz CT molecular complexity index is 611. The quantitative estimate of drug-likeness (QED) is 0.414. The van der Waals surface area contributed by atoms with E-state index in [1.807, 2.05) is 0 Å². The molecule has 0 N–H and O–H groups in total. The van der Waals surface area contributed by atoms with E-state index in [1.165, 1.54) is 20.9 Å². The minimum Gasteiger partial charge on any atom is -0.465 e. The third kappa shape index (κ3) is 1.71. The van der Waals surface area contributed by atoms with Crippen LogP contribution in [0.25, 0.3) is 0 Å². The van der Waals surface area contributed by atoms with Gasteiger partial charge in [-0.2, -0.15) is 0 Å². The van der Waals surface area contributed by atoms with Crippen LogP contribution in [0.4, 0.5) is 0 Å². The number of amides is 1. The Kier molecular flexibility index (Phi) is 3.33. The van der Waals surface area contributed by atoms with Gasteiger partial charge in [0.1, 0.15) is 5.70 Å². The van der Waals surface area contributed by atoms with E-state index in [2.05, 4.69) is 0 Å². The van der Waals surface area contributed by atoms with E-state index in [-0.39, 0.29) is 29.2 Å². The molecular weight excluding hydrogens is 262 g/mol. The van der Waals surface area contributed by atoms with E-state index in [4.69, 9.17) is 4.74 Å². The van der Waals surface area contributed by atoms with E-state index >= 15 is 0 Å². The highest BCUT2D eigenvalue weighted by Crippen LogP contribution is 2.37. The van der Waals surface area contributed by atoms with Crippen LogP contribution in [0, 0.1) is 5.92 Å². The Balaban J connectivity index is 2.57. The minimum absolute atomic E-state index is 0.00107. The highest BCUT2D eigenvalue weighted by molar-refractivity contribution is 6.31. The fraction of sp³-hybridized carbons (Fsp3) is 0.429. The molecule has 2 rings (SSSR count). The number of ether oxygens (including phenoxy) is 1. The molecule has 0 radical (unpaired) electrons. The minimum atomic E-state index is -1.32. The van der Waals surface area contributed by atoms with E-state index in [9.17, 15) is 19.2 Å². The summed E-state index contributed by atoms with van der Waals surface area (Å²) in [5, 5.41) is 0. The maximum absolute atomic E-state index is 12.3. The van der Waals surface area contributed by atoms with Gasteiger partial charge >= 0.3 is 5.97 Å². The van der Waals surface area contributed by atoms with Crippen molar-refractivity contribution >= 4 is 23.4 Å². The summed E-state index contributed by atoms with van der Waals surface area (Å²) in [5.41, 5.74) is 0.522. The normalized spacial score (nSPS) is 22.7. The molecule has 1 unspecified atom stereocenters. The van der Waals surface area contributed by atoms with Gasteiger partial charge in [-0.25, -0.2) is 0 Å². The third-order valence-corrected chi connectivity index (χ3v) is 3.68. The molecule has 1 atom stereocenters. The number of carbonyl (C=O) groups excluding carboxylic acids is 4. The molecule has 0 saturated carbocycles. The van der Waals surface area contributed by atoms with Crippen LogP contribution < -0.4 is 0 Å². The van der Waals surface area contributed by atoms with Crippen LogP contribution in [0.15, 0.2) is 22.4 Å². The molecule has 1 aliphatic carbocycles. The summed E-state index contributed by atoms with van der Waals surface area (Å²) in [6, 6.07) is 0. The molecule has 1 aliphatic heterocycles. The molecule has 2 aliphatic rings. The predicted octanol–water partition coefficient (Wildman–Crippen LogP) is 0.380. The van der Waals surface area contributed by atoms with E-state index in [1.54, 1.807) is 6.92 Å². The Labute approximate surface area is 116 Å². The second-order valence-corrected chi connectivity index (χ2v) is 4.75. The van der Waals surface area contributed by atoms with Crippen molar-refractivity contribution in [2.75, 3.05) is 13.7 Å². The molecule has 0 bridgehead atoms. The van der Waals surface area contributed by atoms with Gasteiger partial charge in [0.2, 0.25) is 11.7 Å². The van der Waals surface area contributed by atoms with E-state index in [0.29, 0.717) is 5.57 Å². The SMILES string of the molecule is CCOC(=O)C1C(=O)N(C)C2=C1C(=O)C(C)=C(C)C2=O. The molecule has 20 heavy (non-hydrogen) atoms. The fourth-order valence-corrected chi connectivity index (χ4v) is 2.42. The predicted molar refractivity (Wildman–Crippen MR) is 68.3 cm³/mol. The maximum Gasteiger partial charge on any atom is 0.323 e. The largest absolute Gasteiger partial charge is 0.465 e. The number of ketones is 2. The molecule has 1 heterocycles. The lowest BCUT2D eigenvalue weighted by molar-refractivity contribution is -0.152. The zero-order valence-corrected chi connectivity index (χ0v) is 11.8. The number of nitrogens with zero attached hydrogens (tertiary/aromatic N) is 1. The number of hydrogen-bond acceptors (Lipinski definition) is 5. The van der Waals surface area contributed by atoms with E-state index in [0.717, 1.165) is 4.90 Å². The number of rotatable bonds is 2. The Hall–Kier alpha value is -2.24. The van der Waals surface area contributed by atoms with Crippen LogP contribution in [0.3, 0.4) is 0 Å². The van der Waals surface area contributed by atoms with Crippen molar-refractivity contribution in [1.82, 2.24) is 4.90 Å². The number of likely N-dealkylation sites (N-methyl/N-ethyl adjacent to an activating group) is 1. The number of esters is 1. The van der Waals surface area contributed by atoms with Gasteiger partial charge in [-0.15, -0.1) is 0 Å². The summed E-state index contributed by atoms with van der Waals surface area (Å²) in [4.78, 5) is 49.7. The average Bonchev–Trinajstić information content (AvgIpc) is 2.67. The van der Waals surface area contributed by atoms with Gasteiger partial charge in [-0.1, -0.05) is 0 Å². The molecule has 0 spiro atoms. The van der Waals surface area contributed by atoms with Gasteiger partial charge in [0.05, 0.1) is 12.2 Å². The van der Waals surface area contributed by atoms with Crippen LogP contribution in [-0.4, -0.2) is 42.0 Å². The summed E-state index contributed by atoms with van der Waals surface area (Å²) in [6.45, 7) is 4.77. The highest BCUT2D eigenvalue weighted by atomic mass is 16.5. The van der Waals surface area contributed by atoms with Gasteiger partial charge in [0.25, 0.3) is 0 Å². The topological polar surface area (TPSA) is 80.8 Å². The summed E-state index contributed by atoms with van der Waals surface area (Å²) < 4.78 is 4.84. The standard InChI is InChI=1S/C14H15NO5/c1-5-20-14(19)9-8-10(15(4)13(9)18)12(17)7(3)6(2)11(8)16/h9H,5H2,1-4H3. The van der Waals surface area contributed by atoms with E-state index < -0.39 is 23.6 Å². The second-order valence-electron chi connectivity index (χ2n) is 4.75. The number of carbonyl (C=O) groups is 4. The van der Waals surface area contributed by atoms with Crippen LogP contribution in [-0.2, 0) is 23.9 Å². The van der Waals surface area contributed by atoms with Crippen LogP contribution in [0.2, 0.25) is 0 Å². The second kappa shape index (κ2) is 4.70. The first kappa shape index (κ1) is 14.2. The summed E-state index contributed by atoms with van der Waals surface area (Å²) >= 11 is 0. The third-order valence-electron chi connectivity index (χ3n) is 3.68. The van der Waals surface area contributed by atoms with Crippen LogP contribution in [0.5, 0.6) is 0 Å². The monoisotopic (exact) mass is 277 g/mol.